The highest BCUT2D eigenvalue weighted by Gasteiger charge is 2.11. The Kier molecular flexibility index (Phi) is 8.49. The summed E-state index contributed by atoms with van der Waals surface area (Å²) in [5.41, 5.74) is 6.28. The van der Waals surface area contributed by atoms with Gasteiger partial charge in [0.05, 0.1) is 0 Å². The molecule has 0 aliphatic rings. The minimum absolute atomic E-state index is 1.25. The van der Waals surface area contributed by atoms with Gasteiger partial charge in [-0.2, -0.15) is 0 Å². The minimum atomic E-state index is 1.25. The maximum atomic E-state index is 2.44. The smallest absolute Gasteiger partial charge is 0.0366 e. The highest BCUT2D eigenvalue weighted by Crippen LogP contribution is 2.27. The Morgan fingerprint density at radius 2 is 1.14 bits per heavy atom. The number of unbranched alkanes of at least 4 members (excludes halogenated alkanes) is 3. The van der Waals surface area contributed by atoms with Crippen LogP contribution in [0.25, 0.3) is 0 Å². The summed E-state index contributed by atoms with van der Waals surface area (Å²) in [6.07, 6.45) is 11.5. The van der Waals surface area contributed by atoms with Crippen molar-refractivity contribution < 1.29 is 0 Å². The van der Waals surface area contributed by atoms with E-state index in [1.165, 1.54) is 63.5 Å². The second-order valence-corrected chi connectivity index (χ2v) is 6.45. The quantitative estimate of drug-likeness (QED) is 0.527. The van der Waals surface area contributed by atoms with Gasteiger partial charge in [-0.05, 0) is 67.3 Å². The van der Waals surface area contributed by atoms with Crippen LogP contribution in [0.3, 0.4) is 0 Å². The van der Waals surface area contributed by atoms with Gasteiger partial charge < -0.3 is 4.90 Å². The molecule has 0 fully saturated rings. The molecule has 0 heterocycles. The van der Waals surface area contributed by atoms with Crippen LogP contribution in [-0.2, 0) is 19.3 Å². The van der Waals surface area contributed by atoms with Crippen LogP contribution in [0, 0.1) is 0 Å². The number of rotatable bonds is 10. The Hall–Kier alpha value is -0.980. The average molecular weight is 290 g/mol. The lowest BCUT2D eigenvalue weighted by Gasteiger charge is -2.21. The van der Waals surface area contributed by atoms with Crippen LogP contribution in [-0.4, -0.2) is 14.1 Å². The number of benzene rings is 1. The zero-order chi connectivity index (χ0) is 15.7. The van der Waals surface area contributed by atoms with Crippen molar-refractivity contribution in [1.29, 1.82) is 0 Å². The van der Waals surface area contributed by atoms with E-state index in [9.17, 15) is 0 Å². The van der Waals surface area contributed by atoms with Crippen LogP contribution >= 0.6 is 0 Å². The van der Waals surface area contributed by atoms with Gasteiger partial charge >= 0.3 is 0 Å². The fourth-order valence-electron chi connectivity index (χ4n) is 2.89. The summed E-state index contributed by atoms with van der Waals surface area (Å²) in [7, 11) is 4.32. The van der Waals surface area contributed by atoms with Crippen molar-refractivity contribution >= 4 is 5.69 Å². The predicted molar refractivity (Wildman–Crippen MR) is 96.6 cm³/mol. The van der Waals surface area contributed by atoms with Crippen LogP contribution in [0.5, 0.6) is 0 Å². The van der Waals surface area contributed by atoms with Crippen LogP contribution in [0.4, 0.5) is 5.69 Å². The average Bonchev–Trinajstić information content (AvgIpc) is 2.48. The summed E-state index contributed by atoms with van der Waals surface area (Å²) in [5, 5.41) is 0. The number of hydrogen-bond acceptors (Lipinski definition) is 1. The fourth-order valence-corrected chi connectivity index (χ4v) is 2.89. The largest absolute Gasteiger partial charge is 0.378 e. The Labute approximate surface area is 132 Å². The van der Waals surface area contributed by atoms with Gasteiger partial charge in [-0.1, -0.05) is 40.0 Å². The van der Waals surface area contributed by atoms with Gasteiger partial charge in [0.25, 0.3) is 0 Å². The molecule has 0 amide bonds. The molecule has 1 aromatic rings. The maximum absolute atomic E-state index is 2.44. The zero-order valence-electron chi connectivity index (χ0n) is 15.0. The molecule has 0 bridgehead atoms. The van der Waals surface area contributed by atoms with E-state index >= 15 is 0 Å². The molecule has 0 saturated heterocycles. The molecule has 1 nitrogen and oxygen atoms in total. The van der Waals surface area contributed by atoms with Crippen LogP contribution in [0.2, 0.25) is 0 Å². The maximum Gasteiger partial charge on any atom is 0.0366 e. The Morgan fingerprint density at radius 1 is 0.714 bits per heavy atom. The van der Waals surface area contributed by atoms with Gasteiger partial charge in [-0.15, -0.1) is 0 Å². The lowest BCUT2D eigenvalue weighted by molar-refractivity contribution is 0.734. The van der Waals surface area contributed by atoms with Gasteiger partial charge in [0.2, 0.25) is 0 Å². The number of hydrogen-bond donors (Lipinski definition) is 0. The summed E-state index contributed by atoms with van der Waals surface area (Å²) >= 11 is 0. The molecule has 1 heteroatoms. The van der Waals surface area contributed by atoms with Crippen LogP contribution < -0.4 is 4.90 Å². The van der Waals surface area contributed by atoms with Crippen molar-refractivity contribution in [2.75, 3.05) is 19.0 Å². The third-order valence-electron chi connectivity index (χ3n) is 4.32. The van der Waals surface area contributed by atoms with E-state index in [1.54, 1.807) is 16.7 Å². The molecule has 21 heavy (non-hydrogen) atoms. The Morgan fingerprint density at radius 3 is 1.52 bits per heavy atom. The normalized spacial score (nSPS) is 10.9. The van der Waals surface area contributed by atoms with E-state index in [2.05, 4.69) is 51.9 Å². The van der Waals surface area contributed by atoms with E-state index in [-0.39, 0.29) is 0 Å². The number of anilines is 1. The molecular formula is C20H35N. The summed E-state index contributed by atoms with van der Waals surface area (Å²) < 4.78 is 0. The molecule has 0 unspecified atom stereocenters. The Balaban J connectivity index is 3.15. The summed E-state index contributed by atoms with van der Waals surface area (Å²) in [5.74, 6) is 0. The fraction of sp³-hybridized carbons (Fsp3) is 0.700. The van der Waals surface area contributed by atoms with E-state index in [0.29, 0.717) is 0 Å². The third kappa shape index (κ3) is 5.73. The van der Waals surface area contributed by atoms with Crippen molar-refractivity contribution in [2.24, 2.45) is 0 Å². The van der Waals surface area contributed by atoms with Gasteiger partial charge in [-0.3, -0.25) is 0 Å². The van der Waals surface area contributed by atoms with E-state index < -0.39 is 0 Å². The van der Waals surface area contributed by atoms with Crippen LogP contribution in [0.1, 0.15) is 76.0 Å². The molecular weight excluding hydrogens is 254 g/mol. The van der Waals surface area contributed by atoms with Gasteiger partial charge in [0.1, 0.15) is 0 Å². The van der Waals surface area contributed by atoms with Gasteiger partial charge in [-0.25, -0.2) is 0 Å². The molecule has 0 N–H and O–H groups in total. The molecule has 0 spiro atoms. The summed E-state index contributed by atoms with van der Waals surface area (Å²) in [6, 6.07) is 4.88. The predicted octanol–water partition coefficient (Wildman–Crippen LogP) is 5.78. The molecule has 120 valence electrons. The first-order valence-electron chi connectivity index (χ1n) is 8.95. The molecule has 1 rings (SSSR count). The molecule has 0 saturated carbocycles. The number of aryl methyl sites for hydroxylation is 2. The second-order valence-electron chi connectivity index (χ2n) is 6.45. The van der Waals surface area contributed by atoms with Gasteiger partial charge in [0, 0.05) is 19.8 Å². The van der Waals surface area contributed by atoms with Crippen molar-refractivity contribution in [3.8, 4) is 0 Å². The summed E-state index contributed by atoms with van der Waals surface area (Å²) in [6.45, 7) is 6.88. The van der Waals surface area contributed by atoms with Crippen LogP contribution in [0.15, 0.2) is 12.1 Å². The van der Waals surface area contributed by atoms with Crippen molar-refractivity contribution in [1.82, 2.24) is 0 Å². The van der Waals surface area contributed by atoms with Crippen molar-refractivity contribution in [3.63, 3.8) is 0 Å². The first-order chi connectivity index (χ1) is 10.1. The molecule has 0 aliphatic heterocycles. The zero-order valence-corrected chi connectivity index (χ0v) is 15.0. The topological polar surface area (TPSA) is 3.24 Å². The standard InChI is InChI=1S/C20H35N/c1-6-9-12-17-15-19(21(4)5)16-18(13-10-7-2)20(17)14-11-8-3/h15-16H,6-14H2,1-5H3. The molecule has 0 aromatic heterocycles. The minimum Gasteiger partial charge on any atom is -0.378 e. The molecule has 0 aliphatic carbocycles. The first kappa shape index (κ1) is 18.1. The van der Waals surface area contributed by atoms with Gasteiger partial charge in [0.15, 0.2) is 0 Å². The molecule has 1 aromatic carbocycles. The molecule has 0 atom stereocenters. The summed E-state index contributed by atoms with van der Waals surface area (Å²) in [4.78, 5) is 2.26. The Bertz CT molecular complexity index is 377. The van der Waals surface area contributed by atoms with E-state index in [4.69, 9.17) is 0 Å². The first-order valence-corrected chi connectivity index (χ1v) is 8.95. The highest BCUT2D eigenvalue weighted by atomic mass is 15.1. The lowest BCUT2D eigenvalue weighted by Crippen LogP contribution is -2.12. The monoisotopic (exact) mass is 289 g/mol. The highest BCUT2D eigenvalue weighted by molar-refractivity contribution is 5.54. The SMILES string of the molecule is CCCCc1cc(N(C)C)cc(CCCC)c1CCCC. The van der Waals surface area contributed by atoms with Crippen molar-refractivity contribution in [3.05, 3.63) is 28.8 Å². The second kappa shape index (κ2) is 9.87. The number of nitrogens with zero attached hydrogens (tertiary/aromatic N) is 1. The molecule has 0 radical (unpaired) electrons. The van der Waals surface area contributed by atoms with Crippen molar-refractivity contribution in [2.45, 2.75) is 78.6 Å². The van der Waals surface area contributed by atoms with E-state index in [1.807, 2.05) is 0 Å². The van der Waals surface area contributed by atoms with E-state index in [0.717, 1.165) is 0 Å². The lowest BCUT2D eigenvalue weighted by atomic mass is 9.90. The third-order valence-corrected chi connectivity index (χ3v) is 4.32.